The van der Waals surface area contributed by atoms with Gasteiger partial charge in [0.05, 0.1) is 5.52 Å². The maximum absolute atomic E-state index is 10.6. The molecule has 29 heavy (non-hydrogen) atoms. The van der Waals surface area contributed by atoms with Gasteiger partial charge in [-0.25, -0.2) is 15.6 Å². The maximum Gasteiger partial charge on any atom is 0.427 e. The van der Waals surface area contributed by atoms with Crippen molar-refractivity contribution in [3.63, 3.8) is 0 Å². The van der Waals surface area contributed by atoms with Gasteiger partial charge in [-0.15, -0.1) is 0 Å². The number of hydrogen-bond donors (Lipinski definition) is 2. The number of pyridine rings is 1. The van der Waals surface area contributed by atoms with Crippen molar-refractivity contribution in [2.75, 3.05) is 5.01 Å². The summed E-state index contributed by atoms with van der Waals surface area (Å²) in [6, 6.07) is 32.2. The number of fused-ring (bicyclic) bond motifs is 3. The second kappa shape index (κ2) is 7.96. The number of carbonyl (C=O) groups is 1. The highest BCUT2D eigenvalue weighted by Crippen LogP contribution is 2.22. The Hall–Kier alpha value is -3.96. The monoisotopic (exact) mass is 381 g/mol. The Morgan fingerprint density at radius 2 is 1.14 bits per heavy atom. The van der Waals surface area contributed by atoms with E-state index in [9.17, 15) is 4.79 Å². The number of amides is 1. The molecule has 0 saturated heterocycles. The predicted molar refractivity (Wildman–Crippen MR) is 118 cm³/mol. The van der Waals surface area contributed by atoms with Gasteiger partial charge in [0.25, 0.3) is 0 Å². The minimum absolute atomic E-state index is 0.209. The average molecular weight is 381 g/mol. The average Bonchev–Trinajstić information content (AvgIpc) is 2.77. The molecule has 1 amide bonds. The number of aromatic nitrogens is 1. The fourth-order valence-corrected chi connectivity index (χ4v) is 3.17. The van der Waals surface area contributed by atoms with E-state index in [4.69, 9.17) is 10.9 Å². The molecule has 0 unspecified atom stereocenters. The third kappa shape index (κ3) is 4.00. The molecule has 5 nitrogen and oxygen atoms in total. The Morgan fingerprint density at radius 1 is 0.690 bits per heavy atom. The molecule has 0 radical (unpaired) electrons. The highest BCUT2D eigenvalue weighted by Gasteiger charge is 2.10. The fraction of sp³-hybridized carbons (Fsp3) is 0. The molecule has 0 spiro atoms. The zero-order chi connectivity index (χ0) is 20.2. The Morgan fingerprint density at radius 3 is 1.62 bits per heavy atom. The molecule has 0 atom stereocenters. The topological polar surface area (TPSA) is 79.5 Å². The lowest BCUT2D eigenvalue weighted by Crippen LogP contribution is -2.36. The lowest BCUT2D eigenvalue weighted by atomic mass is 10.0. The van der Waals surface area contributed by atoms with Crippen molar-refractivity contribution in [1.29, 1.82) is 0 Å². The van der Waals surface area contributed by atoms with Gasteiger partial charge in [-0.2, -0.15) is 5.01 Å². The van der Waals surface area contributed by atoms with Crippen LogP contribution in [0.25, 0.3) is 32.4 Å². The van der Waals surface area contributed by atoms with Gasteiger partial charge in [0.15, 0.2) is 5.82 Å². The SMILES string of the molecule is NN(C(=O)O)c1ccc2ccccc2n1.c1ccc2cc3ccccc3cc2c1. The van der Waals surface area contributed by atoms with E-state index in [1.807, 2.05) is 18.2 Å². The molecule has 5 rings (SSSR count). The first kappa shape index (κ1) is 18.4. The summed E-state index contributed by atoms with van der Waals surface area (Å²) in [5.41, 5.74) is 0.715. The quantitative estimate of drug-likeness (QED) is 0.172. The van der Waals surface area contributed by atoms with E-state index >= 15 is 0 Å². The van der Waals surface area contributed by atoms with E-state index < -0.39 is 6.09 Å². The third-order valence-corrected chi connectivity index (χ3v) is 4.65. The van der Waals surface area contributed by atoms with Crippen LogP contribution in [-0.4, -0.2) is 16.2 Å². The number of para-hydroxylation sites is 1. The number of nitrogens with zero attached hydrogens (tertiary/aromatic N) is 2. The highest BCUT2D eigenvalue weighted by molar-refractivity contribution is 5.98. The molecule has 5 aromatic rings. The minimum Gasteiger partial charge on any atom is -0.464 e. The van der Waals surface area contributed by atoms with E-state index in [1.54, 1.807) is 18.2 Å². The first-order valence-corrected chi connectivity index (χ1v) is 9.13. The van der Waals surface area contributed by atoms with Crippen molar-refractivity contribution in [3.8, 4) is 0 Å². The van der Waals surface area contributed by atoms with Gasteiger partial charge in [0.1, 0.15) is 0 Å². The van der Waals surface area contributed by atoms with Crippen LogP contribution in [0, 0.1) is 0 Å². The number of benzene rings is 4. The standard InChI is InChI=1S/C14H10.C10H9N3O2/c1-2-6-12-10-14-8-4-3-7-13(14)9-11(12)5-1;11-13(10(14)15)9-6-5-7-3-1-2-4-8(7)12-9/h1-10H;1-6H,11H2,(H,14,15). The summed E-state index contributed by atoms with van der Waals surface area (Å²) < 4.78 is 0. The van der Waals surface area contributed by atoms with Gasteiger partial charge in [0, 0.05) is 5.39 Å². The normalized spacial score (nSPS) is 10.5. The van der Waals surface area contributed by atoms with Crippen molar-refractivity contribution >= 4 is 44.4 Å². The molecule has 0 aliphatic heterocycles. The van der Waals surface area contributed by atoms with Gasteiger partial charge in [0.2, 0.25) is 0 Å². The third-order valence-electron chi connectivity index (χ3n) is 4.65. The van der Waals surface area contributed by atoms with E-state index in [0.29, 0.717) is 10.5 Å². The molecule has 1 aromatic heterocycles. The minimum atomic E-state index is -1.24. The molecule has 3 N–H and O–H groups in total. The van der Waals surface area contributed by atoms with Gasteiger partial charge in [-0.05, 0) is 51.9 Å². The summed E-state index contributed by atoms with van der Waals surface area (Å²) in [5, 5.41) is 15.4. The summed E-state index contributed by atoms with van der Waals surface area (Å²) in [6.07, 6.45) is -1.24. The predicted octanol–water partition coefficient (Wildman–Crippen LogP) is 5.59. The summed E-state index contributed by atoms with van der Waals surface area (Å²) >= 11 is 0. The van der Waals surface area contributed by atoms with Crippen molar-refractivity contribution in [1.82, 2.24) is 4.98 Å². The van der Waals surface area contributed by atoms with Crippen LogP contribution in [-0.2, 0) is 0 Å². The fourth-order valence-electron chi connectivity index (χ4n) is 3.17. The maximum atomic E-state index is 10.6. The molecule has 0 aliphatic carbocycles. The number of hydrazine groups is 1. The Balaban J connectivity index is 0.000000141. The number of rotatable bonds is 1. The molecule has 0 saturated carbocycles. The van der Waals surface area contributed by atoms with E-state index in [2.05, 4.69) is 65.6 Å². The van der Waals surface area contributed by atoms with Crippen LogP contribution >= 0.6 is 0 Å². The lowest BCUT2D eigenvalue weighted by Gasteiger charge is -2.11. The first-order valence-electron chi connectivity index (χ1n) is 9.13. The molecule has 5 heteroatoms. The smallest absolute Gasteiger partial charge is 0.427 e. The van der Waals surface area contributed by atoms with Gasteiger partial charge >= 0.3 is 6.09 Å². The van der Waals surface area contributed by atoms with Crippen LogP contribution in [0.5, 0.6) is 0 Å². The van der Waals surface area contributed by atoms with Gasteiger partial charge < -0.3 is 5.11 Å². The Labute approximate surface area is 167 Å². The molecule has 142 valence electrons. The zero-order valence-electron chi connectivity index (χ0n) is 15.6. The number of hydrogen-bond acceptors (Lipinski definition) is 3. The largest absolute Gasteiger partial charge is 0.464 e. The molecule has 0 bridgehead atoms. The van der Waals surface area contributed by atoms with Crippen LogP contribution in [0.4, 0.5) is 10.6 Å². The van der Waals surface area contributed by atoms with E-state index in [1.165, 1.54) is 21.5 Å². The zero-order valence-corrected chi connectivity index (χ0v) is 15.6. The van der Waals surface area contributed by atoms with Crippen molar-refractivity contribution in [3.05, 3.63) is 97.1 Å². The highest BCUT2D eigenvalue weighted by atomic mass is 16.4. The Kier molecular flexibility index (Phi) is 5.05. The summed E-state index contributed by atoms with van der Waals surface area (Å²) in [5.74, 6) is 5.51. The second-order valence-electron chi connectivity index (χ2n) is 6.56. The molecule has 1 heterocycles. The van der Waals surface area contributed by atoms with Crippen LogP contribution in [0.3, 0.4) is 0 Å². The van der Waals surface area contributed by atoms with E-state index in [-0.39, 0.29) is 5.82 Å². The lowest BCUT2D eigenvalue weighted by molar-refractivity contribution is 0.201. The van der Waals surface area contributed by atoms with Gasteiger partial charge in [-0.1, -0.05) is 66.7 Å². The summed E-state index contributed by atoms with van der Waals surface area (Å²) in [6.45, 7) is 0. The number of anilines is 1. The molecular formula is C24H19N3O2. The Bertz CT molecular complexity index is 1210. The number of nitrogens with two attached hydrogens (primary N) is 1. The van der Waals surface area contributed by atoms with Crippen LogP contribution in [0.2, 0.25) is 0 Å². The molecular weight excluding hydrogens is 362 g/mol. The van der Waals surface area contributed by atoms with Crippen LogP contribution in [0.15, 0.2) is 97.1 Å². The number of carboxylic acid groups (broad SMARTS) is 1. The van der Waals surface area contributed by atoms with Crippen LogP contribution in [0.1, 0.15) is 0 Å². The van der Waals surface area contributed by atoms with Crippen molar-refractivity contribution in [2.45, 2.75) is 0 Å². The van der Waals surface area contributed by atoms with Crippen LogP contribution < -0.4 is 10.9 Å². The van der Waals surface area contributed by atoms with Crippen molar-refractivity contribution < 1.29 is 9.90 Å². The van der Waals surface area contributed by atoms with E-state index in [0.717, 1.165) is 5.39 Å². The molecule has 0 fully saturated rings. The second-order valence-corrected chi connectivity index (χ2v) is 6.56. The molecule has 0 aliphatic rings. The summed E-state index contributed by atoms with van der Waals surface area (Å²) in [7, 11) is 0. The summed E-state index contributed by atoms with van der Waals surface area (Å²) in [4.78, 5) is 14.7. The molecule has 4 aromatic carbocycles. The van der Waals surface area contributed by atoms with Gasteiger partial charge in [-0.3, -0.25) is 0 Å². The first-order chi connectivity index (χ1) is 14.1. The van der Waals surface area contributed by atoms with Crippen molar-refractivity contribution in [2.24, 2.45) is 5.84 Å².